The predicted octanol–water partition coefficient (Wildman–Crippen LogP) is 1.88. The van der Waals surface area contributed by atoms with Gasteiger partial charge in [0.25, 0.3) is 0 Å². The van der Waals surface area contributed by atoms with E-state index in [1.54, 1.807) is 0 Å². The van der Waals surface area contributed by atoms with Crippen molar-refractivity contribution in [2.24, 2.45) is 0 Å². The highest BCUT2D eigenvalue weighted by Crippen LogP contribution is 2.15. The van der Waals surface area contributed by atoms with Crippen LogP contribution >= 0.6 is 0 Å². The minimum atomic E-state index is -1.99. The van der Waals surface area contributed by atoms with Gasteiger partial charge in [-0.3, -0.25) is 0 Å². The molecule has 0 spiro atoms. The Morgan fingerprint density at radius 1 is 0.923 bits per heavy atom. The molecule has 0 atom stereocenters. The molecule has 3 heteroatoms. The Morgan fingerprint density at radius 2 is 1.38 bits per heavy atom. The first kappa shape index (κ1) is 10.7. The van der Waals surface area contributed by atoms with Gasteiger partial charge in [0.05, 0.1) is 0 Å². The molecule has 0 aliphatic rings. The van der Waals surface area contributed by atoms with E-state index in [1.165, 1.54) is 5.19 Å². The Labute approximate surface area is 82.4 Å². The summed E-state index contributed by atoms with van der Waals surface area (Å²) in [5.41, 5.74) is 0. The van der Waals surface area contributed by atoms with Crippen LogP contribution in [0.15, 0.2) is 30.3 Å². The third-order valence-corrected chi connectivity index (χ3v) is 17.9. The van der Waals surface area contributed by atoms with Crippen LogP contribution in [0.25, 0.3) is 0 Å². The van der Waals surface area contributed by atoms with Crippen LogP contribution in [0.2, 0.25) is 26.2 Å². The first-order valence-electron chi connectivity index (χ1n) is 4.63. The van der Waals surface area contributed by atoms with E-state index in [4.69, 9.17) is 0 Å². The zero-order valence-corrected chi connectivity index (χ0v) is 10.8. The molecule has 0 bridgehead atoms. The van der Waals surface area contributed by atoms with Crippen LogP contribution in [0.3, 0.4) is 0 Å². The zero-order valence-electron chi connectivity index (χ0n) is 8.83. The molecule has 1 N–H and O–H groups in total. The first-order chi connectivity index (χ1) is 5.86. The molecule has 13 heavy (non-hydrogen) atoms. The fraction of sp³-hybridized carbons (Fsp3) is 0.400. The molecular formula is C10H18OSi2. The molecule has 1 nitrogen and oxygen atoms in total. The lowest BCUT2D eigenvalue weighted by molar-refractivity contribution is 0.573. The summed E-state index contributed by atoms with van der Waals surface area (Å²) in [6.45, 7) is 8.61. The summed E-state index contributed by atoms with van der Waals surface area (Å²) in [5, 5.41) is 1.37. The van der Waals surface area contributed by atoms with Crippen molar-refractivity contribution >= 4 is 20.6 Å². The second-order valence-electron chi connectivity index (χ2n) is 4.55. The van der Waals surface area contributed by atoms with Gasteiger partial charge in [-0.2, -0.15) is 0 Å². The lowest BCUT2D eigenvalue weighted by atomic mass is 10.4. The van der Waals surface area contributed by atoms with Crippen molar-refractivity contribution in [1.82, 2.24) is 0 Å². The quantitative estimate of drug-likeness (QED) is 0.739. The molecule has 0 fully saturated rings. The lowest BCUT2D eigenvalue weighted by Gasteiger charge is -2.33. The largest absolute Gasteiger partial charge is 0.434 e. The number of benzene rings is 1. The average molecular weight is 210 g/mol. The molecular weight excluding hydrogens is 192 g/mol. The van der Waals surface area contributed by atoms with Gasteiger partial charge >= 0.3 is 0 Å². The van der Waals surface area contributed by atoms with Crippen LogP contribution in [-0.4, -0.2) is 20.2 Å². The summed E-state index contributed by atoms with van der Waals surface area (Å²) in [5.74, 6) is 0. The highest BCUT2D eigenvalue weighted by atomic mass is 29.3. The molecule has 0 aromatic heterocycles. The Hall–Kier alpha value is -0.386. The number of rotatable bonds is 2. The summed E-state index contributed by atoms with van der Waals surface area (Å²) in [7, 11) is -3.57. The highest BCUT2D eigenvalue weighted by Gasteiger charge is 2.41. The molecule has 0 amide bonds. The van der Waals surface area contributed by atoms with Gasteiger partial charge in [0, 0.05) is 0 Å². The number of hydrogen-bond acceptors (Lipinski definition) is 1. The van der Waals surface area contributed by atoms with Crippen LogP contribution in [0, 0.1) is 0 Å². The number of hydrogen-bond donors (Lipinski definition) is 1. The zero-order chi connectivity index (χ0) is 10.1. The molecule has 0 heterocycles. The smallest absolute Gasteiger partial charge is 0.174 e. The first-order valence-corrected chi connectivity index (χ1v) is 11.6. The standard InChI is InChI=1S/C10H18OSi2/c1-12(2,13(3,4)11)10-8-6-5-7-9-10/h5-9,11H,1-4H3. The Kier molecular flexibility index (Phi) is 2.80. The van der Waals surface area contributed by atoms with Crippen molar-refractivity contribution in [3.05, 3.63) is 30.3 Å². The molecule has 0 unspecified atom stereocenters. The fourth-order valence-electron chi connectivity index (χ4n) is 1.21. The maximum atomic E-state index is 10.2. The predicted molar refractivity (Wildman–Crippen MR) is 63.3 cm³/mol. The highest BCUT2D eigenvalue weighted by molar-refractivity contribution is 7.42. The molecule has 0 radical (unpaired) electrons. The summed E-state index contributed by atoms with van der Waals surface area (Å²) in [6.07, 6.45) is 0. The molecule has 1 aromatic rings. The van der Waals surface area contributed by atoms with Gasteiger partial charge in [-0.05, 0) is 13.1 Å². The van der Waals surface area contributed by atoms with E-state index in [2.05, 4.69) is 37.4 Å². The molecule has 0 saturated carbocycles. The summed E-state index contributed by atoms with van der Waals surface area (Å²) in [4.78, 5) is 10.2. The maximum absolute atomic E-state index is 10.2. The van der Waals surface area contributed by atoms with Gasteiger partial charge in [0.2, 0.25) is 0 Å². The fourth-order valence-corrected chi connectivity index (χ4v) is 5.56. The maximum Gasteiger partial charge on any atom is 0.174 e. The second-order valence-corrected chi connectivity index (χ2v) is 18.9. The van der Waals surface area contributed by atoms with Gasteiger partial charge < -0.3 is 4.80 Å². The third-order valence-electron chi connectivity index (χ3n) is 3.02. The van der Waals surface area contributed by atoms with E-state index in [0.717, 1.165) is 0 Å². The van der Waals surface area contributed by atoms with E-state index in [9.17, 15) is 4.80 Å². The Morgan fingerprint density at radius 3 is 1.77 bits per heavy atom. The minimum absolute atomic E-state index is 1.37. The summed E-state index contributed by atoms with van der Waals surface area (Å²) >= 11 is 0. The summed E-state index contributed by atoms with van der Waals surface area (Å²) in [6, 6.07) is 10.4. The molecule has 0 aliphatic heterocycles. The van der Waals surface area contributed by atoms with E-state index in [1.807, 2.05) is 19.2 Å². The van der Waals surface area contributed by atoms with Crippen LogP contribution in [0.4, 0.5) is 0 Å². The molecule has 72 valence electrons. The van der Waals surface area contributed by atoms with Crippen LogP contribution < -0.4 is 5.19 Å². The van der Waals surface area contributed by atoms with Crippen molar-refractivity contribution < 1.29 is 4.80 Å². The van der Waals surface area contributed by atoms with Crippen molar-refractivity contribution in [3.63, 3.8) is 0 Å². The van der Waals surface area contributed by atoms with Gasteiger partial charge in [-0.25, -0.2) is 0 Å². The van der Waals surface area contributed by atoms with E-state index in [0.29, 0.717) is 0 Å². The van der Waals surface area contributed by atoms with Crippen LogP contribution in [-0.2, 0) is 0 Å². The van der Waals surface area contributed by atoms with Gasteiger partial charge in [-0.1, -0.05) is 48.6 Å². The summed E-state index contributed by atoms with van der Waals surface area (Å²) < 4.78 is 0. The normalized spacial score (nSPS) is 13.0. The average Bonchev–Trinajstić information content (AvgIpc) is 2.04. The third kappa shape index (κ3) is 2.10. The lowest BCUT2D eigenvalue weighted by Crippen LogP contribution is -2.63. The molecule has 1 rings (SSSR count). The monoisotopic (exact) mass is 210 g/mol. The molecule has 0 aliphatic carbocycles. The van der Waals surface area contributed by atoms with Crippen LogP contribution in [0.1, 0.15) is 0 Å². The van der Waals surface area contributed by atoms with E-state index >= 15 is 0 Å². The van der Waals surface area contributed by atoms with Crippen molar-refractivity contribution in [1.29, 1.82) is 0 Å². The van der Waals surface area contributed by atoms with Gasteiger partial charge in [-0.15, -0.1) is 0 Å². The topological polar surface area (TPSA) is 20.2 Å². The second kappa shape index (κ2) is 3.40. The van der Waals surface area contributed by atoms with E-state index in [-0.39, 0.29) is 0 Å². The Bertz CT molecular complexity index is 275. The minimum Gasteiger partial charge on any atom is -0.434 e. The molecule has 1 aromatic carbocycles. The van der Waals surface area contributed by atoms with Crippen LogP contribution in [0.5, 0.6) is 0 Å². The Balaban J connectivity index is 3.08. The van der Waals surface area contributed by atoms with Gasteiger partial charge in [0.15, 0.2) is 7.83 Å². The van der Waals surface area contributed by atoms with Crippen molar-refractivity contribution in [3.8, 4) is 0 Å². The van der Waals surface area contributed by atoms with Crippen molar-refractivity contribution in [2.45, 2.75) is 26.2 Å². The van der Waals surface area contributed by atoms with Crippen molar-refractivity contribution in [2.75, 3.05) is 0 Å². The van der Waals surface area contributed by atoms with Gasteiger partial charge in [0.1, 0.15) is 7.59 Å². The SMILES string of the molecule is C[Si](C)(O)[Si](C)(C)c1ccccc1. The van der Waals surface area contributed by atoms with E-state index < -0.39 is 15.4 Å². The molecule has 0 saturated heterocycles.